The van der Waals surface area contributed by atoms with Gasteiger partial charge in [0.05, 0.1) is 5.69 Å². The Hall–Kier alpha value is -1.88. The van der Waals surface area contributed by atoms with E-state index in [4.69, 9.17) is 21.1 Å². The minimum Gasteiger partial charge on any atom is -0.477 e. The van der Waals surface area contributed by atoms with Gasteiger partial charge in [-0.25, -0.2) is 14.8 Å². The number of carboxylic acids is 1. The third kappa shape index (κ3) is 1.90. The largest absolute Gasteiger partial charge is 0.477 e. The van der Waals surface area contributed by atoms with E-state index in [-0.39, 0.29) is 5.69 Å². The molecule has 0 fully saturated rings. The molecule has 0 aliphatic rings. The van der Waals surface area contributed by atoms with E-state index < -0.39 is 5.97 Å². The van der Waals surface area contributed by atoms with Gasteiger partial charge in [-0.3, -0.25) is 0 Å². The number of aryl methyl sites for hydroxylation is 1. The number of hydrogen-bond donors (Lipinski definition) is 1. The Morgan fingerprint density at radius 3 is 2.81 bits per heavy atom. The van der Waals surface area contributed by atoms with Crippen LogP contribution in [0.2, 0.25) is 5.02 Å². The summed E-state index contributed by atoms with van der Waals surface area (Å²) in [5.74, 6) is -0.573. The van der Waals surface area contributed by atoms with Gasteiger partial charge in [-0.1, -0.05) is 11.6 Å². The highest BCUT2D eigenvalue weighted by Crippen LogP contribution is 2.23. The fourth-order valence-corrected chi connectivity index (χ4v) is 1.49. The van der Waals surface area contributed by atoms with Crippen molar-refractivity contribution >= 4 is 17.6 Å². The Kier molecular flexibility index (Phi) is 2.62. The summed E-state index contributed by atoms with van der Waals surface area (Å²) in [4.78, 5) is 18.7. The SMILES string of the molecule is Cc1ocnc1-c1cc(Cl)cc(C(=O)O)n1. The third-order valence-corrected chi connectivity index (χ3v) is 2.21. The minimum absolute atomic E-state index is 0.120. The van der Waals surface area contributed by atoms with Crippen LogP contribution in [0.1, 0.15) is 16.2 Å². The fraction of sp³-hybridized carbons (Fsp3) is 0.100. The molecule has 16 heavy (non-hydrogen) atoms. The van der Waals surface area contributed by atoms with Crippen LogP contribution in [0.4, 0.5) is 0 Å². The lowest BCUT2D eigenvalue weighted by Crippen LogP contribution is -2.01. The molecule has 2 heterocycles. The Morgan fingerprint density at radius 2 is 2.25 bits per heavy atom. The first-order chi connectivity index (χ1) is 7.58. The van der Waals surface area contributed by atoms with Crippen molar-refractivity contribution in [1.29, 1.82) is 0 Å². The minimum atomic E-state index is -1.13. The standard InChI is InChI=1S/C10H7ClN2O3/c1-5-9(12-4-16-5)7-2-6(11)3-8(13-7)10(14)15/h2-4H,1H3,(H,14,15). The lowest BCUT2D eigenvalue weighted by atomic mass is 10.2. The van der Waals surface area contributed by atoms with Crippen LogP contribution < -0.4 is 0 Å². The molecule has 0 saturated heterocycles. The number of carbonyl (C=O) groups is 1. The van der Waals surface area contributed by atoms with Crippen molar-refractivity contribution in [1.82, 2.24) is 9.97 Å². The number of nitrogens with zero attached hydrogens (tertiary/aromatic N) is 2. The number of carboxylic acid groups (broad SMARTS) is 1. The average Bonchev–Trinajstić information content (AvgIpc) is 2.63. The van der Waals surface area contributed by atoms with E-state index in [9.17, 15) is 4.79 Å². The monoisotopic (exact) mass is 238 g/mol. The summed E-state index contributed by atoms with van der Waals surface area (Å²) in [5, 5.41) is 9.13. The van der Waals surface area contributed by atoms with Crippen LogP contribution in [0.25, 0.3) is 11.4 Å². The molecule has 2 aromatic rings. The highest BCUT2D eigenvalue weighted by molar-refractivity contribution is 6.31. The first-order valence-corrected chi connectivity index (χ1v) is 4.77. The van der Waals surface area contributed by atoms with Gasteiger partial charge >= 0.3 is 5.97 Å². The molecule has 0 bridgehead atoms. The molecule has 5 nitrogen and oxygen atoms in total. The smallest absolute Gasteiger partial charge is 0.354 e. The normalized spacial score (nSPS) is 10.4. The Morgan fingerprint density at radius 1 is 1.50 bits per heavy atom. The van der Waals surface area contributed by atoms with E-state index in [0.29, 0.717) is 22.2 Å². The number of aromatic carboxylic acids is 1. The highest BCUT2D eigenvalue weighted by atomic mass is 35.5. The zero-order chi connectivity index (χ0) is 11.7. The maximum atomic E-state index is 10.8. The molecule has 0 aromatic carbocycles. The molecule has 0 saturated carbocycles. The first kappa shape index (κ1) is 10.6. The van der Waals surface area contributed by atoms with Crippen molar-refractivity contribution in [2.24, 2.45) is 0 Å². The van der Waals surface area contributed by atoms with Crippen molar-refractivity contribution in [2.75, 3.05) is 0 Å². The lowest BCUT2D eigenvalue weighted by Gasteiger charge is -2.00. The number of aromatic nitrogens is 2. The summed E-state index contributed by atoms with van der Waals surface area (Å²) in [6, 6.07) is 2.82. The molecule has 2 aromatic heterocycles. The number of hydrogen-bond acceptors (Lipinski definition) is 4. The maximum Gasteiger partial charge on any atom is 0.354 e. The van der Waals surface area contributed by atoms with Gasteiger partial charge in [-0.2, -0.15) is 0 Å². The zero-order valence-electron chi connectivity index (χ0n) is 8.27. The van der Waals surface area contributed by atoms with Crippen LogP contribution in [0.15, 0.2) is 22.9 Å². The quantitative estimate of drug-likeness (QED) is 0.869. The molecule has 6 heteroatoms. The molecule has 1 N–H and O–H groups in total. The van der Waals surface area contributed by atoms with Crippen LogP contribution in [0.3, 0.4) is 0 Å². The van der Waals surface area contributed by atoms with E-state index in [2.05, 4.69) is 9.97 Å². The Bertz CT molecular complexity index is 551. The van der Waals surface area contributed by atoms with Crippen molar-refractivity contribution < 1.29 is 14.3 Å². The highest BCUT2D eigenvalue weighted by Gasteiger charge is 2.13. The second kappa shape index (κ2) is 3.94. The van der Waals surface area contributed by atoms with Gasteiger partial charge in [-0.15, -0.1) is 0 Å². The van der Waals surface area contributed by atoms with Crippen LogP contribution in [-0.4, -0.2) is 21.0 Å². The fourth-order valence-electron chi connectivity index (χ4n) is 1.28. The van der Waals surface area contributed by atoms with Crippen molar-refractivity contribution in [3.8, 4) is 11.4 Å². The van der Waals surface area contributed by atoms with E-state index >= 15 is 0 Å². The van der Waals surface area contributed by atoms with Crippen LogP contribution >= 0.6 is 11.6 Å². The molecule has 0 amide bonds. The van der Waals surface area contributed by atoms with E-state index in [1.54, 1.807) is 13.0 Å². The summed E-state index contributed by atoms with van der Waals surface area (Å²) in [7, 11) is 0. The van der Waals surface area contributed by atoms with Gasteiger partial charge in [0.2, 0.25) is 0 Å². The van der Waals surface area contributed by atoms with Gasteiger partial charge in [-0.05, 0) is 19.1 Å². The molecular formula is C10H7ClN2O3. The summed E-state index contributed by atoms with van der Waals surface area (Å²) >= 11 is 5.80. The van der Waals surface area contributed by atoms with Crippen LogP contribution in [-0.2, 0) is 0 Å². The van der Waals surface area contributed by atoms with Crippen molar-refractivity contribution in [3.05, 3.63) is 35.0 Å². The number of oxazole rings is 1. The van der Waals surface area contributed by atoms with Gasteiger partial charge in [0, 0.05) is 5.02 Å². The predicted octanol–water partition coefficient (Wildman–Crippen LogP) is 2.40. The number of halogens is 1. The molecule has 0 radical (unpaired) electrons. The number of rotatable bonds is 2. The van der Waals surface area contributed by atoms with Gasteiger partial charge < -0.3 is 9.52 Å². The summed E-state index contributed by atoms with van der Waals surface area (Å²) in [5.41, 5.74) is 0.756. The molecule has 82 valence electrons. The number of pyridine rings is 1. The molecule has 0 unspecified atom stereocenters. The second-order valence-corrected chi connectivity index (χ2v) is 3.55. The molecule has 0 spiro atoms. The van der Waals surface area contributed by atoms with Gasteiger partial charge in [0.1, 0.15) is 17.1 Å². The zero-order valence-corrected chi connectivity index (χ0v) is 9.02. The first-order valence-electron chi connectivity index (χ1n) is 4.39. The Balaban J connectivity index is 2.58. The Labute approximate surface area is 95.7 Å². The topological polar surface area (TPSA) is 76.2 Å². The third-order valence-electron chi connectivity index (χ3n) is 2.00. The molecular weight excluding hydrogens is 232 g/mol. The van der Waals surface area contributed by atoms with E-state index in [1.165, 1.54) is 12.5 Å². The molecule has 0 aliphatic carbocycles. The van der Waals surface area contributed by atoms with Crippen LogP contribution in [0.5, 0.6) is 0 Å². The molecule has 0 aliphatic heterocycles. The lowest BCUT2D eigenvalue weighted by molar-refractivity contribution is 0.0690. The van der Waals surface area contributed by atoms with Crippen molar-refractivity contribution in [2.45, 2.75) is 6.92 Å². The summed E-state index contributed by atoms with van der Waals surface area (Å²) in [6.45, 7) is 1.71. The second-order valence-electron chi connectivity index (χ2n) is 3.12. The predicted molar refractivity (Wildman–Crippen MR) is 56.4 cm³/mol. The molecule has 0 atom stereocenters. The maximum absolute atomic E-state index is 10.8. The van der Waals surface area contributed by atoms with Gasteiger partial charge in [0.15, 0.2) is 6.39 Å². The summed E-state index contributed by atoms with van der Waals surface area (Å²) in [6.07, 6.45) is 1.27. The van der Waals surface area contributed by atoms with Crippen LogP contribution in [0, 0.1) is 6.92 Å². The average molecular weight is 239 g/mol. The van der Waals surface area contributed by atoms with Gasteiger partial charge in [0.25, 0.3) is 0 Å². The summed E-state index contributed by atoms with van der Waals surface area (Å²) < 4.78 is 5.02. The molecule has 2 rings (SSSR count). The van der Waals surface area contributed by atoms with Crippen molar-refractivity contribution in [3.63, 3.8) is 0 Å². The van der Waals surface area contributed by atoms with E-state index in [0.717, 1.165) is 0 Å². The van der Waals surface area contributed by atoms with E-state index in [1.807, 2.05) is 0 Å².